The van der Waals surface area contributed by atoms with Crippen molar-refractivity contribution < 1.29 is 9.21 Å². The second-order valence-corrected chi connectivity index (χ2v) is 5.65. The molecule has 3 rings (SSSR count). The molecule has 22 heavy (non-hydrogen) atoms. The molecular weight excluding hydrogens is 296 g/mol. The minimum absolute atomic E-state index is 0.152. The molecule has 2 aromatic heterocycles. The van der Waals surface area contributed by atoms with Crippen LogP contribution in [-0.2, 0) is 0 Å². The fraction of sp³-hybridized carbons (Fsp3) is 0.176. The zero-order valence-corrected chi connectivity index (χ0v) is 13.0. The van der Waals surface area contributed by atoms with E-state index in [2.05, 4.69) is 4.98 Å². The van der Waals surface area contributed by atoms with Gasteiger partial charge in [-0.3, -0.25) is 9.69 Å². The predicted molar refractivity (Wildman–Crippen MR) is 88.2 cm³/mol. The standard InChI is InChI=1S/C17H16N2O2S/c1-2-10-19(16(20)15-9-6-11-21-15)17-18-14(12-22-17)13-7-4-3-5-8-13/h3-9,11-12H,2,10H2,1H3. The van der Waals surface area contributed by atoms with Gasteiger partial charge in [0, 0.05) is 17.5 Å². The van der Waals surface area contributed by atoms with E-state index in [1.54, 1.807) is 17.0 Å². The molecule has 112 valence electrons. The molecule has 2 heterocycles. The number of anilines is 1. The van der Waals surface area contributed by atoms with Gasteiger partial charge < -0.3 is 4.42 Å². The van der Waals surface area contributed by atoms with Crippen LogP contribution >= 0.6 is 11.3 Å². The summed E-state index contributed by atoms with van der Waals surface area (Å²) in [5, 5.41) is 2.67. The van der Waals surface area contributed by atoms with E-state index in [9.17, 15) is 4.79 Å². The average Bonchev–Trinajstić information content (AvgIpc) is 3.24. The van der Waals surface area contributed by atoms with Gasteiger partial charge in [0.2, 0.25) is 0 Å². The number of carbonyl (C=O) groups excluding carboxylic acids is 1. The fourth-order valence-electron chi connectivity index (χ4n) is 2.17. The number of aromatic nitrogens is 1. The third-order valence-corrected chi connectivity index (χ3v) is 4.08. The van der Waals surface area contributed by atoms with Crippen molar-refractivity contribution in [3.05, 3.63) is 59.9 Å². The lowest BCUT2D eigenvalue weighted by molar-refractivity contribution is 0.0960. The molecule has 0 atom stereocenters. The summed E-state index contributed by atoms with van der Waals surface area (Å²) in [5.74, 6) is 0.186. The highest BCUT2D eigenvalue weighted by Crippen LogP contribution is 2.28. The highest BCUT2D eigenvalue weighted by atomic mass is 32.1. The van der Waals surface area contributed by atoms with Crippen LogP contribution in [0, 0.1) is 0 Å². The number of benzene rings is 1. The van der Waals surface area contributed by atoms with Crippen molar-refractivity contribution in [2.24, 2.45) is 0 Å². The Kier molecular flexibility index (Phi) is 4.34. The first-order chi connectivity index (χ1) is 10.8. The van der Waals surface area contributed by atoms with E-state index in [1.165, 1.54) is 17.6 Å². The summed E-state index contributed by atoms with van der Waals surface area (Å²) in [5.41, 5.74) is 1.93. The lowest BCUT2D eigenvalue weighted by Gasteiger charge is -2.17. The smallest absolute Gasteiger partial charge is 0.295 e. The number of rotatable bonds is 5. The van der Waals surface area contributed by atoms with Crippen LogP contribution in [0.2, 0.25) is 0 Å². The first-order valence-corrected chi connectivity index (χ1v) is 8.04. The van der Waals surface area contributed by atoms with Gasteiger partial charge in [-0.25, -0.2) is 4.98 Å². The minimum Gasteiger partial charge on any atom is -0.459 e. The summed E-state index contributed by atoms with van der Waals surface area (Å²) in [6.45, 7) is 2.65. The molecule has 3 aromatic rings. The third kappa shape index (κ3) is 2.94. The molecule has 0 radical (unpaired) electrons. The number of thiazole rings is 1. The Morgan fingerprint density at radius 1 is 1.23 bits per heavy atom. The Morgan fingerprint density at radius 3 is 2.73 bits per heavy atom. The van der Waals surface area contributed by atoms with E-state index >= 15 is 0 Å². The fourth-order valence-corrected chi connectivity index (χ4v) is 3.03. The lowest BCUT2D eigenvalue weighted by atomic mass is 10.2. The SMILES string of the molecule is CCCN(C(=O)c1ccco1)c1nc(-c2ccccc2)cs1. The number of hydrogen-bond acceptors (Lipinski definition) is 4. The minimum atomic E-state index is -0.152. The van der Waals surface area contributed by atoms with Gasteiger partial charge in [-0.2, -0.15) is 0 Å². The molecule has 0 unspecified atom stereocenters. The van der Waals surface area contributed by atoms with E-state index in [1.807, 2.05) is 42.6 Å². The molecule has 0 saturated heterocycles. The van der Waals surface area contributed by atoms with Gasteiger partial charge in [0.1, 0.15) is 0 Å². The highest BCUT2D eigenvalue weighted by molar-refractivity contribution is 7.14. The number of carbonyl (C=O) groups is 1. The maximum Gasteiger partial charge on any atom is 0.295 e. The molecule has 1 amide bonds. The van der Waals surface area contributed by atoms with E-state index in [0.29, 0.717) is 17.4 Å². The number of nitrogens with zero attached hydrogens (tertiary/aromatic N) is 2. The third-order valence-electron chi connectivity index (χ3n) is 3.22. The molecule has 0 bridgehead atoms. The lowest BCUT2D eigenvalue weighted by Crippen LogP contribution is -2.31. The first kappa shape index (κ1) is 14.5. The monoisotopic (exact) mass is 312 g/mol. The largest absolute Gasteiger partial charge is 0.459 e. The second kappa shape index (κ2) is 6.58. The van der Waals surface area contributed by atoms with Gasteiger partial charge in [-0.15, -0.1) is 11.3 Å². The normalized spacial score (nSPS) is 10.6. The molecule has 1 aromatic carbocycles. The van der Waals surface area contributed by atoms with Gasteiger partial charge in [0.15, 0.2) is 10.9 Å². The molecule has 0 N–H and O–H groups in total. The quantitative estimate of drug-likeness (QED) is 0.698. The van der Waals surface area contributed by atoms with Crippen molar-refractivity contribution in [1.82, 2.24) is 4.98 Å². The molecule has 5 heteroatoms. The summed E-state index contributed by atoms with van der Waals surface area (Å²) < 4.78 is 5.22. The molecule has 0 spiro atoms. The Balaban J connectivity index is 1.90. The average molecular weight is 312 g/mol. The molecule has 0 aliphatic carbocycles. The van der Waals surface area contributed by atoms with Gasteiger partial charge in [0.25, 0.3) is 5.91 Å². The summed E-state index contributed by atoms with van der Waals surface area (Å²) in [6, 6.07) is 13.3. The van der Waals surface area contributed by atoms with Crippen LogP contribution in [-0.4, -0.2) is 17.4 Å². The summed E-state index contributed by atoms with van der Waals surface area (Å²) in [4.78, 5) is 18.8. The Hall–Kier alpha value is -2.40. The molecule has 0 aliphatic heterocycles. The van der Waals surface area contributed by atoms with E-state index in [-0.39, 0.29) is 5.91 Å². The van der Waals surface area contributed by atoms with Crippen LogP contribution in [0.15, 0.2) is 58.5 Å². The Bertz CT molecular complexity index is 735. The van der Waals surface area contributed by atoms with Gasteiger partial charge in [-0.1, -0.05) is 37.3 Å². The Morgan fingerprint density at radius 2 is 2.05 bits per heavy atom. The van der Waals surface area contributed by atoms with E-state index in [0.717, 1.165) is 17.7 Å². The van der Waals surface area contributed by atoms with E-state index in [4.69, 9.17) is 4.42 Å². The maximum atomic E-state index is 12.5. The van der Waals surface area contributed by atoms with E-state index < -0.39 is 0 Å². The highest BCUT2D eigenvalue weighted by Gasteiger charge is 2.22. The second-order valence-electron chi connectivity index (χ2n) is 4.82. The molecule has 4 nitrogen and oxygen atoms in total. The van der Waals surface area contributed by atoms with Crippen molar-refractivity contribution in [2.45, 2.75) is 13.3 Å². The topological polar surface area (TPSA) is 46.3 Å². The van der Waals surface area contributed by atoms with Crippen LogP contribution in [0.5, 0.6) is 0 Å². The van der Waals surface area contributed by atoms with Crippen LogP contribution in [0.25, 0.3) is 11.3 Å². The van der Waals surface area contributed by atoms with Gasteiger partial charge in [-0.05, 0) is 18.6 Å². The number of amides is 1. The zero-order valence-electron chi connectivity index (χ0n) is 12.2. The number of furan rings is 1. The van der Waals surface area contributed by atoms with Crippen molar-refractivity contribution in [3.63, 3.8) is 0 Å². The van der Waals surface area contributed by atoms with Gasteiger partial charge >= 0.3 is 0 Å². The molecule has 0 aliphatic rings. The van der Waals surface area contributed by atoms with Gasteiger partial charge in [0.05, 0.1) is 12.0 Å². The van der Waals surface area contributed by atoms with Crippen LogP contribution < -0.4 is 4.90 Å². The van der Waals surface area contributed by atoms with Crippen molar-refractivity contribution in [3.8, 4) is 11.3 Å². The summed E-state index contributed by atoms with van der Waals surface area (Å²) in [6.07, 6.45) is 2.36. The molecular formula is C17H16N2O2S. The van der Waals surface area contributed by atoms with Crippen LogP contribution in [0.4, 0.5) is 5.13 Å². The Labute approximate surface area is 133 Å². The zero-order chi connectivity index (χ0) is 15.4. The van der Waals surface area contributed by atoms with Crippen LogP contribution in [0.1, 0.15) is 23.9 Å². The number of hydrogen-bond donors (Lipinski definition) is 0. The molecule has 0 saturated carbocycles. The first-order valence-electron chi connectivity index (χ1n) is 7.16. The summed E-state index contributed by atoms with van der Waals surface area (Å²) in [7, 11) is 0. The summed E-state index contributed by atoms with van der Waals surface area (Å²) >= 11 is 1.47. The molecule has 0 fully saturated rings. The van der Waals surface area contributed by atoms with Crippen molar-refractivity contribution >= 4 is 22.4 Å². The van der Waals surface area contributed by atoms with Crippen molar-refractivity contribution in [2.75, 3.05) is 11.4 Å². The van der Waals surface area contributed by atoms with Crippen LogP contribution in [0.3, 0.4) is 0 Å². The predicted octanol–water partition coefficient (Wildman–Crippen LogP) is 4.46. The van der Waals surface area contributed by atoms with Crippen molar-refractivity contribution in [1.29, 1.82) is 0 Å². The maximum absolute atomic E-state index is 12.5.